The molecule has 1 aromatic rings. The third-order valence-electron chi connectivity index (χ3n) is 4.88. The average molecular weight is 286 g/mol. The number of piperidine rings is 1. The number of likely N-dealkylation sites (tertiary alicyclic amines) is 1. The summed E-state index contributed by atoms with van der Waals surface area (Å²) >= 11 is 0. The molecule has 2 unspecified atom stereocenters. The van der Waals surface area contributed by atoms with Crippen molar-refractivity contribution in [2.75, 3.05) is 13.1 Å². The summed E-state index contributed by atoms with van der Waals surface area (Å²) in [6.45, 7) is 2.35. The van der Waals surface area contributed by atoms with Crippen molar-refractivity contribution >= 4 is 0 Å². The van der Waals surface area contributed by atoms with E-state index < -0.39 is 0 Å². The maximum atomic E-state index is 13.5. The molecule has 3 rings (SSSR count). The van der Waals surface area contributed by atoms with Crippen LogP contribution in [0.2, 0.25) is 0 Å². The van der Waals surface area contributed by atoms with Crippen LogP contribution in [0.3, 0.4) is 0 Å². The molecule has 1 saturated heterocycles. The molecule has 112 valence electrons. The lowest BCUT2D eigenvalue weighted by atomic mass is 9.91. The lowest BCUT2D eigenvalue weighted by Crippen LogP contribution is -2.42. The fourth-order valence-corrected chi connectivity index (χ4v) is 3.92. The number of hydrogen-bond acceptors (Lipinski definition) is 2. The Kier molecular flexibility index (Phi) is 4.57. The van der Waals surface area contributed by atoms with Crippen molar-refractivity contribution in [3.05, 3.63) is 35.1 Å². The van der Waals surface area contributed by atoms with Crippen LogP contribution in [0.1, 0.15) is 43.2 Å². The van der Waals surface area contributed by atoms with E-state index in [9.17, 15) is 4.39 Å². The highest BCUT2D eigenvalue weighted by atomic mass is 19.1. The molecule has 1 saturated carbocycles. The van der Waals surface area contributed by atoms with Gasteiger partial charge in [-0.25, -0.2) is 4.39 Å². The monoisotopic (exact) mass is 286 g/mol. The molecule has 1 aliphatic carbocycles. The minimum Gasteiger partial charge on any atom is -0.320 e. The van der Waals surface area contributed by atoms with Crippen molar-refractivity contribution in [3.8, 4) is 11.8 Å². The van der Waals surface area contributed by atoms with E-state index in [1.165, 1.54) is 38.2 Å². The summed E-state index contributed by atoms with van der Waals surface area (Å²) in [5, 5.41) is 0. The van der Waals surface area contributed by atoms with Gasteiger partial charge in [0.25, 0.3) is 0 Å². The van der Waals surface area contributed by atoms with Crippen LogP contribution in [-0.4, -0.2) is 24.0 Å². The molecule has 2 atom stereocenters. The molecule has 1 aromatic carbocycles. The average Bonchev–Trinajstić information content (AvgIpc) is 2.97. The highest BCUT2D eigenvalue weighted by Gasteiger charge is 2.34. The quantitative estimate of drug-likeness (QED) is 0.847. The van der Waals surface area contributed by atoms with Crippen molar-refractivity contribution < 1.29 is 4.39 Å². The largest absolute Gasteiger partial charge is 0.320 e. The van der Waals surface area contributed by atoms with E-state index in [0.29, 0.717) is 6.54 Å². The first kappa shape index (κ1) is 14.6. The van der Waals surface area contributed by atoms with Crippen LogP contribution >= 0.6 is 0 Å². The van der Waals surface area contributed by atoms with Crippen molar-refractivity contribution in [2.45, 2.75) is 44.7 Å². The molecule has 1 heterocycles. The van der Waals surface area contributed by atoms with Gasteiger partial charge >= 0.3 is 0 Å². The molecular weight excluding hydrogens is 263 g/mol. The Labute approximate surface area is 126 Å². The fourth-order valence-electron chi connectivity index (χ4n) is 3.92. The highest BCUT2D eigenvalue weighted by molar-refractivity contribution is 5.42. The number of hydrogen-bond donors (Lipinski definition) is 1. The van der Waals surface area contributed by atoms with Gasteiger partial charge in [0.05, 0.1) is 6.54 Å². The zero-order valence-electron chi connectivity index (χ0n) is 12.4. The molecule has 0 amide bonds. The minimum absolute atomic E-state index is 0.225. The first-order valence-corrected chi connectivity index (χ1v) is 7.99. The first-order chi connectivity index (χ1) is 10.3. The van der Waals surface area contributed by atoms with Gasteiger partial charge in [-0.05, 0) is 55.8 Å². The zero-order valence-corrected chi connectivity index (χ0v) is 12.4. The van der Waals surface area contributed by atoms with Crippen molar-refractivity contribution in [2.24, 2.45) is 11.7 Å². The van der Waals surface area contributed by atoms with Gasteiger partial charge in [0.1, 0.15) is 5.82 Å². The number of nitrogens with two attached hydrogens (primary N) is 1. The predicted molar refractivity (Wildman–Crippen MR) is 83.1 cm³/mol. The predicted octanol–water partition coefficient (Wildman–Crippen LogP) is 2.90. The minimum atomic E-state index is -0.225. The van der Waals surface area contributed by atoms with E-state index >= 15 is 0 Å². The van der Waals surface area contributed by atoms with Crippen LogP contribution in [-0.2, 0) is 6.54 Å². The number of nitrogens with zero attached hydrogens (tertiary/aromatic N) is 1. The Bertz CT molecular complexity index is 558. The van der Waals surface area contributed by atoms with Gasteiger partial charge in [-0.2, -0.15) is 0 Å². The van der Waals surface area contributed by atoms with E-state index in [4.69, 9.17) is 5.73 Å². The summed E-state index contributed by atoms with van der Waals surface area (Å²) in [4.78, 5) is 2.59. The van der Waals surface area contributed by atoms with Crippen molar-refractivity contribution in [1.82, 2.24) is 4.90 Å². The first-order valence-electron chi connectivity index (χ1n) is 7.99. The Morgan fingerprint density at radius 2 is 2.10 bits per heavy atom. The van der Waals surface area contributed by atoms with E-state index in [-0.39, 0.29) is 5.82 Å². The van der Waals surface area contributed by atoms with Gasteiger partial charge in [0.15, 0.2) is 0 Å². The van der Waals surface area contributed by atoms with Crippen LogP contribution in [0.5, 0.6) is 0 Å². The maximum absolute atomic E-state index is 13.5. The second-order valence-electron chi connectivity index (χ2n) is 6.18. The van der Waals surface area contributed by atoms with Crippen LogP contribution < -0.4 is 5.73 Å². The normalized spacial score (nSPS) is 25.2. The number of halogens is 1. The Balaban J connectivity index is 1.80. The van der Waals surface area contributed by atoms with E-state index in [2.05, 4.69) is 16.7 Å². The van der Waals surface area contributed by atoms with E-state index in [1.54, 1.807) is 6.07 Å². The van der Waals surface area contributed by atoms with Gasteiger partial charge in [0.2, 0.25) is 0 Å². The molecule has 2 aliphatic rings. The molecule has 2 N–H and O–H groups in total. The summed E-state index contributed by atoms with van der Waals surface area (Å²) in [5.74, 6) is 6.52. The number of benzene rings is 1. The van der Waals surface area contributed by atoms with Gasteiger partial charge < -0.3 is 5.73 Å². The van der Waals surface area contributed by atoms with Crippen molar-refractivity contribution in [1.29, 1.82) is 0 Å². The molecule has 2 fully saturated rings. The van der Waals surface area contributed by atoms with E-state index in [1.807, 2.05) is 6.07 Å². The molecular formula is C18H23FN2. The van der Waals surface area contributed by atoms with Crippen LogP contribution in [0, 0.1) is 23.6 Å². The maximum Gasteiger partial charge on any atom is 0.124 e. The van der Waals surface area contributed by atoms with Crippen LogP contribution in [0.4, 0.5) is 4.39 Å². The molecule has 1 aliphatic heterocycles. The second kappa shape index (κ2) is 6.60. The zero-order chi connectivity index (χ0) is 14.7. The highest BCUT2D eigenvalue weighted by Crippen LogP contribution is 2.37. The Morgan fingerprint density at radius 3 is 2.95 bits per heavy atom. The Morgan fingerprint density at radius 1 is 1.24 bits per heavy atom. The van der Waals surface area contributed by atoms with E-state index in [0.717, 1.165) is 36.2 Å². The third-order valence-corrected chi connectivity index (χ3v) is 4.88. The summed E-state index contributed by atoms with van der Waals surface area (Å²) in [7, 11) is 0. The molecule has 0 spiro atoms. The molecule has 3 heteroatoms. The Hall–Kier alpha value is -1.37. The lowest BCUT2D eigenvalue weighted by molar-refractivity contribution is 0.106. The van der Waals surface area contributed by atoms with Crippen LogP contribution in [0.25, 0.3) is 0 Å². The molecule has 0 aromatic heterocycles. The number of rotatable bonds is 2. The smallest absolute Gasteiger partial charge is 0.124 e. The molecule has 0 bridgehead atoms. The standard InChI is InChI=1S/C18H23FN2/c19-17-9-8-16(15(12-17)5-2-10-20)13-21-11-3-6-14-4-1-7-18(14)21/h8-9,12,14,18H,1,3-4,6-7,10-11,13,20H2. The van der Waals surface area contributed by atoms with Crippen LogP contribution in [0.15, 0.2) is 18.2 Å². The molecule has 2 nitrogen and oxygen atoms in total. The van der Waals surface area contributed by atoms with Gasteiger partial charge in [-0.15, -0.1) is 0 Å². The molecule has 0 radical (unpaired) electrons. The summed E-state index contributed by atoms with van der Waals surface area (Å²) in [6.07, 6.45) is 6.71. The fraction of sp³-hybridized carbons (Fsp3) is 0.556. The molecule has 21 heavy (non-hydrogen) atoms. The summed E-state index contributed by atoms with van der Waals surface area (Å²) < 4.78 is 13.5. The van der Waals surface area contributed by atoms with Gasteiger partial charge in [0, 0.05) is 18.2 Å². The lowest BCUT2D eigenvalue weighted by Gasteiger charge is -2.38. The SMILES string of the molecule is NCC#Cc1cc(F)ccc1CN1CCCC2CCCC21. The third kappa shape index (κ3) is 3.28. The number of fused-ring (bicyclic) bond motifs is 1. The summed E-state index contributed by atoms with van der Waals surface area (Å²) in [5.41, 5.74) is 7.36. The topological polar surface area (TPSA) is 29.3 Å². The van der Waals surface area contributed by atoms with Gasteiger partial charge in [-0.3, -0.25) is 4.90 Å². The second-order valence-corrected chi connectivity index (χ2v) is 6.18. The van der Waals surface area contributed by atoms with Gasteiger partial charge in [-0.1, -0.05) is 24.3 Å². The summed E-state index contributed by atoms with van der Waals surface area (Å²) in [6, 6.07) is 5.68. The van der Waals surface area contributed by atoms with Crippen molar-refractivity contribution in [3.63, 3.8) is 0 Å².